The molecule has 3 aliphatic rings. The fraction of sp³-hybridized carbons (Fsp3) is 0.857. The maximum absolute atomic E-state index is 12.8. The first kappa shape index (κ1) is 21.1. The molecule has 3 amide bonds. The van der Waals surface area contributed by atoms with Gasteiger partial charge in [-0.2, -0.15) is 0 Å². The SMILES string of the molecule is COCC1CN(C(C)=O)CC12CCN(C(=O)CC1CCN(C(C)=O)CC1)CC2. The fourth-order valence-electron chi connectivity index (χ4n) is 5.30. The zero-order valence-corrected chi connectivity index (χ0v) is 17.6. The molecule has 7 heteroatoms. The molecule has 0 aliphatic carbocycles. The second-order valence-corrected chi connectivity index (χ2v) is 8.95. The second kappa shape index (κ2) is 8.80. The van der Waals surface area contributed by atoms with Crippen LogP contribution in [0.3, 0.4) is 0 Å². The summed E-state index contributed by atoms with van der Waals surface area (Å²) < 4.78 is 5.44. The predicted molar refractivity (Wildman–Crippen MR) is 105 cm³/mol. The Kier molecular flexibility index (Phi) is 6.63. The zero-order chi connectivity index (χ0) is 20.3. The van der Waals surface area contributed by atoms with Crippen molar-refractivity contribution in [2.45, 2.75) is 46.0 Å². The average Bonchev–Trinajstić information content (AvgIpc) is 3.01. The van der Waals surface area contributed by atoms with Crippen LogP contribution in [-0.4, -0.2) is 85.4 Å². The molecule has 7 nitrogen and oxygen atoms in total. The highest BCUT2D eigenvalue weighted by Crippen LogP contribution is 2.45. The number of methoxy groups -OCH3 is 1. The molecule has 0 N–H and O–H groups in total. The van der Waals surface area contributed by atoms with E-state index in [-0.39, 0.29) is 23.1 Å². The molecule has 0 aromatic carbocycles. The number of carbonyl (C=O) groups is 3. The quantitative estimate of drug-likeness (QED) is 0.723. The molecule has 0 saturated carbocycles. The van der Waals surface area contributed by atoms with Gasteiger partial charge in [-0.05, 0) is 37.0 Å². The van der Waals surface area contributed by atoms with Crippen molar-refractivity contribution in [3.63, 3.8) is 0 Å². The molecule has 3 saturated heterocycles. The monoisotopic (exact) mass is 393 g/mol. The smallest absolute Gasteiger partial charge is 0.222 e. The number of nitrogens with zero attached hydrogens (tertiary/aromatic N) is 3. The van der Waals surface area contributed by atoms with Crippen LogP contribution in [0.1, 0.15) is 46.0 Å². The first-order chi connectivity index (χ1) is 13.3. The van der Waals surface area contributed by atoms with Crippen LogP contribution in [0.15, 0.2) is 0 Å². The van der Waals surface area contributed by atoms with Gasteiger partial charge in [0.15, 0.2) is 0 Å². The number of hydrogen-bond donors (Lipinski definition) is 0. The van der Waals surface area contributed by atoms with Crippen LogP contribution in [0, 0.1) is 17.3 Å². The van der Waals surface area contributed by atoms with Crippen LogP contribution in [0.5, 0.6) is 0 Å². The minimum Gasteiger partial charge on any atom is -0.384 e. The van der Waals surface area contributed by atoms with E-state index in [0.29, 0.717) is 24.9 Å². The highest BCUT2D eigenvalue weighted by molar-refractivity contribution is 5.77. The Morgan fingerprint density at radius 1 is 0.929 bits per heavy atom. The third-order valence-electron chi connectivity index (χ3n) is 7.26. The van der Waals surface area contributed by atoms with Gasteiger partial charge in [-0.25, -0.2) is 0 Å². The molecule has 1 atom stereocenters. The number of carbonyl (C=O) groups excluding carboxylic acids is 3. The summed E-state index contributed by atoms with van der Waals surface area (Å²) in [5.41, 5.74) is 0.0886. The van der Waals surface area contributed by atoms with Gasteiger partial charge in [0.1, 0.15) is 0 Å². The van der Waals surface area contributed by atoms with Gasteiger partial charge in [0.25, 0.3) is 0 Å². The Morgan fingerprint density at radius 3 is 2.07 bits per heavy atom. The standard InChI is InChI=1S/C21H35N3O4/c1-16(25)22-8-4-18(5-9-22)12-20(27)23-10-6-21(7-11-23)15-24(17(2)26)13-19(21)14-28-3/h18-19H,4-15H2,1-3H3. The molecule has 0 bridgehead atoms. The maximum Gasteiger partial charge on any atom is 0.222 e. The Hall–Kier alpha value is -1.63. The number of rotatable bonds is 4. The van der Waals surface area contributed by atoms with E-state index in [1.807, 2.05) is 14.7 Å². The summed E-state index contributed by atoms with van der Waals surface area (Å²) in [7, 11) is 1.72. The van der Waals surface area contributed by atoms with Gasteiger partial charge >= 0.3 is 0 Å². The maximum atomic E-state index is 12.8. The van der Waals surface area contributed by atoms with Crippen molar-refractivity contribution in [1.82, 2.24) is 14.7 Å². The van der Waals surface area contributed by atoms with Crippen LogP contribution >= 0.6 is 0 Å². The van der Waals surface area contributed by atoms with Crippen molar-refractivity contribution < 1.29 is 19.1 Å². The van der Waals surface area contributed by atoms with Gasteiger partial charge in [0.2, 0.25) is 17.7 Å². The molecule has 0 aromatic rings. The summed E-state index contributed by atoms with van der Waals surface area (Å²) in [5.74, 6) is 1.26. The Labute approximate surface area is 168 Å². The average molecular weight is 394 g/mol. The first-order valence-electron chi connectivity index (χ1n) is 10.6. The minimum absolute atomic E-state index is 0.0886. The van der Waals surface area contributed by atoms with Crippen LogP contribution in [0.25, 0.3) is 0 Å². The molecular weight excluding hydrogens is 358 g/mol. The van der Waals surface area contributed by atoms with E-state index in [1.54, 1.807) is 21.0 Å². The third-order valence-corrected chi connectivity index (χ3v) is 7.26. The van der Waals surface area contributed by atoms with Crippen molar-refractivity contribution in [3.8, 4) is 0 Å². The first-order valence-corrected chi connectivity index (χ1v) is 10.6. The summed E-state index contributed by atoms with van der Waals surface area (Å²) in [6.07, 6.45) is 4.33. The highest BCUT2D eigenvalue weighted by atomic mass is 16.5. The lowest BCUT2D eigenvalue weighted by molar-refractivity contribution is -0.136. The number of ether oxygens (including phenoxy) is 1. The summed E-state index contributed by atoms with van der Waals surface area (Å²) in [4.78, 5) is 42.0. The molecule has 3 heterocycles. The van der Waals surface area contributed by atoms with E-state index in [9.17, 15) is 14.4 Å². The van der Waals surface area contributed by atoms with Crippen molar-refractivity contribution in [1.29, 1.82) is 0 Å². The number of likely N-dealkylation sites (tertiary alicyclic amines) is 3. The fourth-order valence-corrected chi connectivity index (χ4v) is 5.30. The van der Waals surface area contributed by atoms with Crippen molar-refractivity contribution in [2.24, 2.45) is 17.3 Å². The summed E-state index contributed by atoms with van der Waals surface area (Å²) in [6, 6.07) is 0. The minimum atomic E-state index is 0.0886. The highest BCUT2D eigenvalue weighted by Gasteiger charge is 2.49. The van der Waals surface area contributed by atoms with E-state index in [0.717, 1.165) is 65.0 Å². The Balaban J connectivity index is 1.51. The molecule has 3 aliphatic heterocycles. The van der Waals surface area contributed by atoms with Gasteiger partial charge in [-0.3, -0.25) is 14.4 Å². The van der Waals surface area contributed by atoms with Gasteiger partial charge in [-0.15, -0.1) is 0 Å². The molecule has 158 valence electrons. The van der Waals surface area contributed by atoms with Crippen LogP contribution in [0.2, 0.25) is 0 Å². The third kappa shape index (κ3) is 4.50. The number of amides is 3. The normalized spacial score (nSPS) is 25.4. The topological polar surface area (TPSA) is 70.2 Å². The Morgan fingerprint density at radius 2 is 1.54 bits per heavy atom. The summed E-state index contributed by atoms with van der Waals surface area (Å²) in [6.45, 7) is 8.58. The lowest BCUT2D eigenvalue weighted by Crippen LogP contribution is -2.48. The molecular formula is C21H35N3O4. The number of piperidine rings is 2. The zero-order valence-electron chi connectivity index (χ0n) is 17.6. The molecule has 3 rings (SSSR count). The molecule has 0 radical (unpaired) electrons. The van der Waals surface area contributed by atoms with E-state index < -0.39 is 0 Å². The second-order valence-electron chi connectivity index (χ2n) is 8.95. The van der Waals surface area contributed by atoms with E-state index in [1.165, 1.54) is 0 Å². The molecule has 3 fully saturated rings. The molecule has 28 heavy (non-hydrogen) atoms. The summed E-state index contributed by atoms with van der Waals surface area (Å²) in [5, 5.41) is 0. The van der Waals surface area contributed by atoms with Gasteiger partial charge < -0.3 is 19.4 Å². The van der Waals surface area contributed by atoms with Crippen LogP contribution < -0.4 is 0 Å². The van der Waals surface area contributed by atoms with Crippen molar-refractivity contribution in [3.05, 3.63) is 0 Å². The van der Waals surface area contributed by atoms with E-state index in [4.69, 9.17) is 4.74 Å². The molecule has 1 unspecified atom stereocenters. The predicted octanol–water partition coefficient (Wildman–Crippen LogP) is 1.37. The summed E-state index contributed by atoms with van der Waals surface area (Å²) >= 11 is 0. The van der Waals surface area contributed by atoms with Gasteiger partial charge in [0.05, 0.1) is 6.61 Å². The van der Waals surface area contributed by atoms with Crippen molar-refractivity contribution in [2.75, 3.05) is 53.0 Å². The van der Waals surface area contributed by atoms with Crippen molar-refractivity contribution >= 4 is 17.7 Å². The lowest BCUT2D eigenvalue weighted by atomic mass is 9.71. The molecule has 1 spiro atoms. The van der Waals surface area contributed by atoms with E-state index in [2.05, 4.69) is 0 Å². The Bertz CT molecular complexity index is 592. The van der Waals surface area contributed by atoms with Gasteiger partial charge in [0, 0.05) is 72.6 Å². The van der Waals surface area contributed by atoms with E-state index >= 15 is 0 Å². The van der Waals surface area contributed by atoms with Crippen LogP contribution in [-0.2, 0) is 19.1 Å². The van der Waals surface area contributed by atoms with Crippen LogP contribution in [0.4, 0.5) is 0 Å². The number of hydrogen-bond acceptors (Lipinski definition) is 4. The lowest BCUT2D eigenvalue weighted by Gasteiger charge is -2.43. The van der Waals surface area contributed by atoms with Gasteiger partial charge in [-0.1, -0.05) is 0 Å². The molecule has 0 aromatic heterocycles. The largest absolute Gasteiger partial charge is 0.384 e.